The topological polar surface area (TPSA) is 78.0 Å². The van der Waals surface area contributed by atoms with Crippen molar-refractivity contribution in [3.05, 3.63) is 66.0 Å². The van der Waals surface area contributed by atoms with E-state index in [-0.39, 0.29) is 48.2 Å². The van der Waals surface area contributed by atoms with Crippen LogP contribution in [0.4, 0.5) is 4.39 Å². The number of sulfonamides is 1. The van der Waals surface area contributed by atoms with Gasteiger partial charge in [0, 0.05) is 38.6 Å². The fraction of sp³-hybridized carbons (Fsp3) is 0.548. The summed E-state index contributed by atoms with van der Waals surface area (Å²) in [6.45, 7) is 5.23. The number of carbonyl (C=O) groups is 2. The summed E-state index contributed by atoms with van der Waals surface area (Å²) >= 11 is 0. The molecule has 0 atom stereocenters. The van der Waals surface area contributed by atoms with Gasteiger partial charge in [0.1, 0.15) is 5.82 Å². The van der Waals surface area contributed by atoms with Gasteiger partial charge in [-0.25, -0.2) is 12.8 Å². The molecule has 0 aromatic heterocycles. The van der Waals surface area contributed by atoms with Gasteiger partial charge in [-0.05, 0) is 55.5 Å². The number of piperidine rings is 1. The van der Waals surface area contributed by atoms with Gasteiger partial charge in [0.05, 0.1) is 11.4 Å². The van der Waals surface area contributed by atoms with Crippen LogP contribution in [0, 0.1) is 5.82 Å². The van der Waals surface area contributed by atoms with E-state index in [1.165, 1.54) is 41.4 Å². The molecular weight excluding hydrogens is 529 g/mol. The third-order valence-corrected chi connectivity index (χ3v) is 9.34. The monoisotopic (exact) mass is 573 g/mol. The van der Waals surface area contributed by atoms with Crippen molar-refractivity contribution in [2.45, 2.75) is 89.1 Å². The third kappa shape index (κ3) is 9.13. The average Bonchev–Trinajstić information content (AvgIpc) is 2.96. The molecule has 2 amide bonds. The number of benzene rings is 2. The number of nitrogens with zero attached hydrogens (tertiary/aromatic N) is 3. The molecule has 40 heavy (non-hydrogen) atoms. The van der Waals surface area contributed by atoms with Crippen LogP contribution in [-0.4, -0.2) is 66.6 Å². The van der Waals surface area contributed by atoms with Crippen molar-refractivity contribution in [3.63, 3.8) is 0 Å². The van der Waals surface area contributed by atoms with E-state index in [0.29, 0.717) is 44.3 Å². The zero-order valence-electron chi connectivity index (χ0n) is 23.9. The van der Waals surface area contributed by atoms with Crippen LogP contribution in [0.5, 0.6) is 0 Å². The predicted molar refractivity (Wildman–Crippen MR) is 155 cm³/mol. The van der Waals surface area contributed by atoms with Crippen molar-refractivity contribution in [3.8, 4) is 0 Å². The Morgan fingerprint density at radius 2 is 1.62 bits per heavy atom. The van der Waals surface area contributed by atoms with Crippen LogP contribution in [0.25, 0.3) is 0 Å². The maximum absolute atomic E-state index is 14.0. The zero-order chi connectivity index (χ0) is 29.0. The highest BCUT2D eigenvalue weighted by molar-refractivity contribution is 7.89. The van der Waals surface area contributed by atoms with Crippen molar-refractivity contribution in [1.29, 1.82) is 0 Å². The molecule has 9 heteroatoms. The Hall–Kier alpha value is -2.78. The Labute approximate surface area is 239 Å². The van der Waals surface area contributed by atoms with Crippen LogP contribution in [0.1, 0.15) is 77.2 Å². The summed E-state index contributed by atoms with van der Waals surface area (Å²) in [5, 5.41) is 0. The van der Waals surface area contributed by atoms with Gasteiger partial charge in [0.2, 0.25) is 21.8 Å². The number of carbonyl (C=O) groups excluding carboxylic acids is 2. The SMILES string of the molecule is CCCCCCCC(=O)N1CCC(N(Cc2cccc(F)c2)C(=O)CN(CCC)S(=O)(=O)c2ccccc2)CC1. The van der Waals surface area contributed by atoms with Gasteiger partial charge in [-0.1, -0.05) is 69.9 Å². The summed E-state index contributed by atoms with van der Waals surface area (Å²) < 4.78 is 42.0. The maximum atomic E-state index is 14.0. The average molecular weight is 574 g/mol. The molecule has 0 radical (unpaired) electrons. The summed E-state index contributed by atoms with van der Waals surface area (Å²) in [6, 6.07) is 14.1. The second kappa shape index (κ2) is 15.9. The number of hydrogen-bond acceptors (Lipinski definition) is 4. The first-order chi connectivity index (χ1) is 19.3. The molecule has 2 aromatic carbocycles. The van der Waals surface area contributed by atoms with E-state index in [2.05, 4.69) is 6.92 Å². The molecule has 220 valence electrons. The predicted octanol–water partition coefficient (Wildman–Crippen LogP) is 5.61. The molecule has 0 saturated carbocycles. The van der Waals surface area contributed by atoms with Crippen molar-refractivity contribution in [1.82, 2.24) is 14.1 Å². The van der Waals surface area contributed by atoms with Crippen LogP contribution in [0.3, 0.4) is 0 Å². The van der Waals surface area contributed by atoms with Gasteiger partial charge < -0.3 is 9.80 Å². The Morgan fingerprint density at radius 3 is 2.27 bits per heavy atom. The van der Waals surface area contributed by atoms with E-state index in [1.807, 2.05) is 11.8 Å². The first-order valence-electron chi connectivity index (χ1n) is 14.6. The molecule has 7 nitrogen and oxygen atoms in total. The Morgan fingerprint density at radius 1 is 0.925 bits per heavy atom. The largest absolute Gasteiger partial charge is 0.343 e. The number of amides is 2. The normalized spacial score (nSPS) is 14.4. The number of rotatable bonds is 15. The van der Waals surface area contributed by atoms with Gasteiger partial charge in [-0.15, -0.1) is 0 Å². The lowest BCUT2D eigenvalue weighted by Gasteiger charge is -2.39. The smallest absolute Gasteiger partial charge is 0.243 e. The lowest BCUT2D eigenvalue weighted by Crippen LogP contribution is -2.51. The van der Waals surface area contributed by atoms with Crippen molar-refractivity contribution < 1.29 is 22.4 Å². The minimum atomic E-state index is -3.86. The summed E-state index contributed by atoms with van der Waals surface area (Å²) in [5.74, 6) is -0.553. The van der Waals surface area contributed by atoms with E-state index < -0.39 is 10.0 Å². The van der Waals surface area contributed by atoms with Crippen molar-refractivity contribution in [2.24, 2.45) is 0 Å². The Bertz CT molecular complexity index is 1180. The van der Waals surface area contributed by atoms with Crippen LogP contribution >= 0.6 is 0 Å². The molecule has 1 saturated heterocycles. The van der Waals surface area contributed by atoms with Crippen LogP contribution in [-0.2, 0) is 26.2 Å². The summed E-state index contributed by atoms with van der Waals surface area (Å²) in [4.78, 5) is 30.3. The molecule has 0 bridgehead atoms. The van der Waals surface area contributed by atoms with Gasteiger partial charge in [-0.3, -0.25) is 9.59 Å². The molecule has 0 spiro atoms. The molecule has 2 aromatic rings. The number of halogens is 1. The number of unbranched alkanes of at least 4 members (excludes halogenated alkanes) is 4. The molecule has 1 aliphatic rings. The minimum Gasteiger partial charge on any atom is -0.343 e. The van der Waals surface area contributed by atoms with E-state index in [4.69, 9.17) is 0 Å². The van der Waals surface area contributed by atoms with E-state index in [9.17, 15) is 22.4 Å². The van der Waals surface area contributed by atoms with Gasteiger partial charge in [0.25, 0.3) is 0 Å². The van der Waals surface area contributed by atoms with Gasteiger partial charge in [-0.2, -0.15) is 4.31 Å². The number of likely N-dealkylation sites (tertiary alicyclic amines) is 1. The first-order valence-corrected chi connectivity index (χ1v) is 16.1. The molecule has 0 unspecified atom stereocenters. The fourth-order valence-electron chi connectivity index (χ4n) is 5.23. The minimum absolute atomic E-state index is 0.148. The zero-order valence-corrected chi connectivity index (χ0v) is 24.8. The maximum Gasteiger partial charge on any atom is 0.243 e. The van der Waals surface area contributed by atoms with Crippen molar-refractivity contribution >= 4 is 21.8 Å². The Kier molecular flexibility index (Phi) is 12.6. The highest BCUT2D eigenvalue weighted by atomic mass is 32.2. The van der Waals surface area contributed by atoms with E-state index in [1.54, 1.807) is 35.2 Å². The number of hydrogen-bond donors (Lipinski definition) is 0. The Balaban J connectivity index is 1.72. The molecule has 1 aliphatic heterocycles. The standard InChI is InChI=1S/C31H44FN3O4S/c1-3-5-6-7-11-17-30(36)33-21-18-28(19-22-33)35(24-26-13-12-14-27(32)23-26)31(37)25-34(20-4-2)40(38,39)29-15-9-8-10-16-29/h8-10,12-16,23,28H,3-7,11,17-22,24-25H2,1-2H3. The first kappa shape index (κ1) is 31.7. The highest BCUT2D eigenvalue weighted by Crippen LogP contribution is 2.23. The highest BCUT2D eigenvalue weighted by Gasteiger charge is 2.33. The van der Waals surface area contributed by atoms with Gasteiger partial charge >= 0.3 is 0 Å². The second-order valence-corrected chi connectivity index (χ2v) is 12.5. The van der Waals surface area contributed by atoms with Crippen LogP contribution in [0.15, 0.2) is 59.5 Å². The second-order valence-electron chi connectivity index (χ2n) is 10.6. The third-order valence-electron chi connectivity index (χ3n) is 7.48. The van der Waals surface area contributed by atoms with Crippen molar-refractivity contribution in [2.75, 3.05) is 26.2 Å². The van der Waals surface area contributed by atoms with E-state index >= 15 is 0 Å². The fourth-order valence-corrected chi connectivity index (χ4v) is 6.74. The quantitative estimate of drug-likeness (QED) is 0.260. The summed E-state index contributed by atoms with van der Waals surface area (Å²) in [6.07, 6.45) is 7.77. The molecular formula is C31H44FN3O4S. The lowest BCUT2D eigenvalue weighted by molar-refractivity contribution is -0.137. The van der Waals surface area contributed by atoms with Gasteiger partial charge in [0.15, 0.2) is 0 Å². The molecule has 3 rings (SSSR count). The summed E-state index contributed by atoms with van der Waals surface area (Å²) in [5.41, 5.74) is 0.645. The van der Waals surface area contributed by atoms with Crippen LogP contribution < -0.4 is 0 Å². The molecule has 1 heterocycles. The molecule has 0 aliphatic carbocycles. The summed E-state index contributed by atoms with van der Waals surface area (Å²) in [7, 11) is -3.86. The van der Waals surface area contributed by atoms with E-state index in [0.717, 1.165) is 19.3 Å². The molecule has 1 fully saturated rings. The molecule has 0 N–H and O–H groups in total. The van der Waals surface area contributed by atoms with Crippen LogP contribution in [0.2, 0.25) is 0 Å². The lowest BCUT2D eigenvalue weighted by atomic mass is 10.0.